The Morgan fingerprint density at radius 1 is 1.27 bits per heavy atom. The van der Waals surface area contributed by atoms with E-state index < -0.39 is 46.9 Å². The number of carbonyl (C=O) groups excluding carboxylic acids is 1. The lowest BCUT2D eigenvalue weighted by molar-refractivity contribution is -0.147. The van der Waals surface area contributed by atoms with Gasteiger partial charge in [0.25, 0.3) is 0 Å². The molecule has 0 radical (unpaired) electrons. The van der Waals surface area contributed by atoms with Crippen LogP contribution in [0.25, 0.3) is 0 Å². The summed E-state index contributed by atoms with van der Waals surface area (Å²) in [6.45, 7) is 11.8. The molecule has 1 aromatic heterocycles. The molecule has 4 atom stereocenters. The van der Waals surface area contributed by atoms with E-state index in [2.05, 4.69) is 20.1 Å². The quantitative estimate of drug-likeness (QED) is 0.304. The number of ether oxygens (including phenoxy) is 1. The second kappa shape index (κ2) is 12.6. The second-order valence-electron chi connectivity index (χ2n) is 12.3. The Hall–Kier alpha value is -3.23. The van der Waals surface area contributed by atoms with Crippen LogP contribution in [-0.2, 0) is 14.3 Å². The van der Waals surface area contributed by atoms with Crippen LogP contribution in [0.5, 0.6) is 0 Å². The van der Waals surface area contributed by atoms with Gasteiger partial charge in [-0.25, -0.2) is 18.6 Å². The van der Waals surface area contributed by atoms with Gasteiger partial charge >= 0.3 is 11.9 Å². The van der Waals surface area contributed by atoms with Crippen LogP contribution in [0.2, 0.25) is 0 Å². The standard InChI is InChI=1S/C30H38F2N6O4S2/c1-6-42-27(39)22-20(14-36-8-9-38-18(12-36)13-37(29(38)43)15-30(4,5)28(40)41)34-25(26-33-7-10-44-26)35-24(22)21-16(2)11-19(31)23(32)17(21)3/h7,10-11,16,18,21,24H,6,8-9,12-15H2,1-5H3,(H,34,35)(H,40,41). The van der Waals surface area contributed by atoms with Crippen LogP contribution in [0.3, 0.4) is 0 Å². The molecule has 4 aliphatic rings. The molecule has 10 nitrogen and oxygen atoms in total. The highest BCUT2D eigenvalue weighted by Gasteiger charge is 2.44. The van der Waals surface area contributed by atoms with Gasteiger partial charge < -0.3 is 25.0 Å². The number of piperazine rings is 1. The number of hydrogen-bond acceptors (Lipinski definition) is 9. The Bertz CT molecular complexity index is 1460. The zero-order valence-electron chi connectivity index (χ0n) is 25.5. The fourth-order valence-corrected chi connectivity index (χ4v) is 7.43. The third kappa shape index (κ3) is 6.16. The highest BCUT2D eigenvalue weighted by Crippen LogP contribution is 2.42. The molecule has 44 heavy (non-hydrogen) atoms. The van der Waals surface area contributed by atoms with Gasteiger partial charge in [-0.15, -0.1) is 11.3 Å². The number of amidine groups is 1. The fraction of sp³-hybridized carbons (Fsp3) is 0.567. The first kappa shape index (κ1) is 32.2. The van der Waals surface area contributed by atoms with Crippen molar-refractivity contribution < 1.29 is 28.2 Å². The normalized spacial score (nSPS) is 26.4. The van der Waals surface area contributed by atoms with Gasteiger partial charge in [-0.3, -0.25) is 14.7 Å². The van der Waals surface area contributed by atoms with Gasteiger partial charge in [-0.05, 0) is 57.5 Å². The highest BCUT2D eigenvalue weighted by molar-refractivity contribution is 7.80. The first-order chi connectivity index (χ1) is 20.8. The minimum atomic E-state index is -0.954. The molecule has 4 heterocycles. The van der Waals surface area contributed by atoms with Gasteiger partial charge in [0.1, 0.15) is 0 Å². The molecule has 2 saturated heterocycles. The molecule has 0 amide bonds. The molecule has 0 spiro atoms. The molecule has 4 unspecified atom stereocenters. The van der Waals surface area contributed by atoms with Crippen LogP contribution in [0.1, 0.15) is 39.6 Å². The molecule has 2 fully saturated rings. The Balaban J connectivity index is 1.47. The molecule has 238 valence electrons. The summed E-state index contributed by atoms with van der Waals surface area (Å²) >= 11 is 7.12. The van der Waals surface area contributed by atoms with E-state index >= 15 is 0 Å². The molecule has 0 aromatic carbocycles. The summed E-state index contributed by atoms with van der Waals surface area (Å²) in [4.78, 5) is 41.0. The number of hydrogen-bond donors (Lipinski definition) is 2. The Labute approximate surface area is 265 Å². The van der Waals surface area contributed by atoms with E-state index in [1.807, 2.05) is 10.3 Å². The van der Waals surface area contributed by atoms with Crippen molar-refractivity contribution in [2.75, 3.05) is 45.9 Å². The monoisotopic (exact) mass is 648 g/mol. The SMILES string of the molecule is CCOC(=O)C1=C(CN2CCN3C(=S)N(CC(C)(C)C(=O)O)CC3C2)NC(c2nccs2)=NC1C1C(C)=C(F)C(F)=CC1C. The van der Waals surface area contributed by atoms with E-state index in [-0.39, 0.29) is 18.2 Å². The van der Waals surface area contributed by atoms with Gasteiger partial charge in [0, 0.05) is 62.5 Å². The second-order valence-corrected chi connectivity index (χ2v) is 13.6. The largest absolute Gasteiger partial charge is 0.481 e. The van der Waals surface area contributed by atoms with Gasteiger partial charge in [-0.1, -0.05) is 6.92 Å². The van der Waals surface area contributed by atoms with Crippen LogP contribution in [0.15, 0.2) is 51.1 Å². The number of fused-ring (bicyclic) bond motifs is 1. The van der Waals surface area contributed by atoms with Crippen LogP contribution in [0, 0.1) is 17.3 Å². The van der Waals surface area contributed by atoms with Gasteiger partial charge in [0.05, 0.1) is 29.7 Å². The first-order valence-corrected chi connectivity index (χ1v) is 16.0. The van der Waals surface area contributed by atoms with Crippen molar-refractivity contribution in [2.45, 2.75) is 46.7 Å². The number of halogens is 2. The number of thiocarbonyl (C=S) groups is 1. The molecule has 1 aromatic rings. The topological polar surface area (TPSA) is 111 Å². The van der Waals surface area contributed by atoms with Crippen molar-refractivity contribution in [3.8, 4) is 0 Å². The lowest BCUT2D eigenvalue weighted by Gasteiger charge is -2.40. The zero-order valence-corrected chi connectivity index (χ0v) is 27.1. The number of aliphatic imine (C=N–C) groups is 1. The van der Waals surface area contributed by atoms with Crippen molar-refractivity contribution in [2.24, 2.45) is 22.2 Å². The van der Waals surface area contributed by atoms with Crippen LogP contribution >= 0.6 is 23.6 Å². The van der Waals surface area contributed by atoms with Gasteiger partial charge in [-0.2, -0.15) is 0 Å². The number of thiazole rings is 1. The predicted molar refractivity (Wildman–Crippen MR) is 167 cm³/mol. The summed E-state index contributed by atoms with van der Waals surface area (Å²) in [5.74, 6) is -3.85. The van der Waals surface area contributed by atoms with Crippen molar-refractivity contribution in [3.63, 3.8) is 0 Å². The number of carboxylic acid groups (broad SMARTS) is 1. The number of esters is 1. The summed E-state index contributed by atoms with van der Waals surface area (Å²) in [5, 5.41) is 16.1. The predicted octanol–water partition coefficient (Wildman–Crippen LogP) is 3.74. The number of aromatic nitrogens is 1. The summed E-state index contributed by atoms with van der Waals surface area (Å²) < 4.78 is 34.9. The molecule has 14 heteroatoms. The Morgan fingerprint density at radius 2 is 2.02 bits per heavy atom. The van der Waals surface area contributed by atoms with Crippen LogP contribution < -0.4 is 5.32 Å². The van der Waals surface area contributed by atoms with E-state index in [9.17, 15) is 23.5 Å². The zero-order chi connectivity index (χ0) is 31.9. The van der Waals surface area contributed by atoms with Gasteiger partial charge in [0.15, 0.2) is 27.6 Å². The summed E-state index contributed by atoms with van der Waals surface area (Å²) in [6, 6.07) is -0.784. The molecule has 0 saturated carbocycles. The number of aliphatic carboxylic acids is 1. The van der Waals surface area contributed by atoms with E-state index in [4.69, 9.17) is 21.9 Å². The highest BCUT2D eigenvalue weighted by atomic mass is 32.1. The van der Waals surface area contributed by atoms with Crippen molar-refractivity contribution in [1.29, 1.82) is 0 Å². The lowest BCUT2D eigenvalue weighted by Crippen LogP contribution is -2.54. The molecule has 0 bridgehead atoms. The summed E-state index contributed by atoms with van der Waals surface area (Å²) in [6.07, 6.45) is 2.91. The number of carbonyl (C=O) groups is 2. The van der Waals surface area contributed by atoms with Crippen molar-refractivity contribution >= 4 is 46.4 Å². The molecule has 1 aliphatic carbocycles. The maximum Gasteiger partial charge on any atom is 0.338 e. The van der Waals surface area contributed by atoms with Gasteiger partial charge in [0.2, 0.25) is 0 Å². The van der Waals surface area contributed by atoms with E-state index in [1.54, 1.807) is 40.8 Å². The number of nitrogens with one attached hydrogen (secondary N) is 1. The Morgan fingerprint density at radius 3 is 2.68 bits per heavy atom. The molecule has 2 N–H and O–H groups in total. The molecular weight excluding hydrogens is 610 g/mol. The third-order valence-electron chi connectivity index (χ3n) is 8.72. The average molecular weight is 649 g/mol. The summed E-state index contributed by atoms with van der Waals surface area (Å²) in [7, 11) is 0. The average Bonchev–Trinajstić information content (AvgIpc) is 3.60. The van der Waals surface area contributed by atoms with Crippen LogP contribution in [0.4, 0.5) is 8.78 Å². The third-order valence-corrected chi connectivity index (χ3v) is 9.99. The van der Waals surface area contributed by atoms with Crippen LogP contribution in [-0.4, -0.2) is 106 Å². The Kier molecular flexibility index (Phi) is 9.24. The molecule has 3 aliphatic heterocycles. The van der Waals surface area contributed by atoms with E-state index in [0.717, 1.165) is 0 Å². The lowest BCUT2D eigenvalue weighted by atomic mass is 9.75. The number of nitrogens with zero attached hydrogens (tertiary/aromatic N) is 5. The minimum absolute atomic E-state index is 0.0460. The summed E-state index contributed by atoms with van der Waals surface area (Å²) in [5.41, 5.74) is 0.123. The maximum absolute atomic E-state index is 15.0. The smallest absolute Gasteiger partial charge is 0.338 e. The van der Waals surface area contributed by atoms with Crippen molar-refractivity contribution in [1.82, 2.24) is 25.0 Å². The minimum Gasteiger partial charge on any atom is -0.481 e. The van der Waals surface area contributed by atoms with Crippen molar-refractivity contribution in [3.05, 3.63) is 51.2 Å². The number of carboxylic acids is 1. The van der Waals surface area contributed by atoms with E-state index in [1.165, 1.54) is 17.4 Å². The fourth-order valence-electron chi connectivity index (χ4n) is 6.46. The maximum atomic E-state index is 15.0. The molecule has 5 rings (SSSR count). The molecular formula is C30H38F2N6O4S2. The van der Waals surface area contributed by atoms with E-state index in [0.29, 0.717) is 66.5 Å². The number of allylic oxidation sites excluding steroid dienone is 3. The first-order valence-electron chi connectivity index (χ1n) is 14.7. The number of rotatable bonds is 9.